The highest BCUT2D eigenvalue weighted by atomic mass is 16.5. The van der Waals surface area contributed by atoms with E-state index in [2.05, 4.69) is 47.9 Å². The fourth-order valence-corrected chi connectivity index (χ4v) is 1.41. The van der Waals surface area contributed by atoms with Gasteiger partial charge in [-0.2, -0.15) is 9.97 Å². The van der Waals surface area contributed by atoms with Crippen molar-refractivity contribution in [1.29, 1.82) is 0 Å². The van der Waals surface area contributed by atoms with Crippen molar-refractivity contribution in [3.05, 3.63) is 42.5 Å². The van der Waals surface area contributed by atoms with Gasteiger partial charge >= 0.3 is 6.01 Å². The molecular weight excluding hydrogens is 214 g/mol. The Morgan fingerprint density at radius 3 is 2.06 bits per heavy atom. The minimum absolute atomic E-state index is 0.145. The van der Waals surface area contributed by atoms with Gasteiger partial charge in [-0.3, -0.25) is 0 Å². The van der Waals surface area contributed by atoms with Gasteiger partial charge in [-0.25, -0.2) is 4.98 Å². The van der Waals surface area contributed by atoms with E-state index in [1.807, 2.05) is 12.1 Å². The Hall–Kier alpha value is -1.97. The second-order valence-corrected chi connectivity index (χ2v) is 4.80. The molecular formula is C13H15N3O. The second kappa shape index (κ2) is 4.49. The third-order valence-electron chi connectivity index (χ3n) is 2.40. The molecule has 0 saturated carbocycles. The SMILES string of the molecule is CC(C)(C)c1ccc(Oc2ncncn2)cc1. The highest BCUT2D eigenvalue weighted by Gasteiger charge is 2.13. The van der Waals surface area contributed by atoms with Crippen LogP contribution in [0.15, 0.2) is 36.9 Å². The molecule has 0 fully saturated rings. The Labute approximate surface area is 101 Å². The average molecular weight is 229 g/mol. The standard InChI is InChI=1S/C13H15N3O/c1-13(2,3)10-4-6-11(7-5-10)17-12-15-8-14-9-16-12/h4-9H,1-3H3. The Balaban J connectivity index is 2.14. The first-order chi connectivity index (χ1) is 8.05. The maximum atomic E-state index is 5.48. The number of benzene rings is 1. The molecule has 1 heterocycles. The number of rotatable bonds is 2. The van der Waals surface area contributed by atoms with Crippen molar-refractivity contribution in [3.8, 4) is 11.8 Å². The molecule has 0 bridgehead atoms. The lowest BCUT2D eigenvalue weighted by Crippen LogP contribution is -2.10. The Kier molecular flexibility index (Phi) is 3.04. The fraction of sp³-hybridized carbons (Fsp3) is 0.308. The van der Waals surface area contributed by atoms with E-state index in [1.165, 1.54) is 18.2 Å². The van der Waals surface area contributed by atoms with Gasteiger partial charge in [0.15, 0.2) is 0 Å². The van der Waals surface area contributed by atoms with Crippen LogP contribution < -0.4 is 4.74 Å². The highest BCUT2D eigenvalue weighted by Crippen LogP contribution is 2.25. The van der Waals surface area contributed by atoms with Gasteiger partial charge in [0.25, 0.3) is 0 Å². The van der Waals surface area contributed by atoms with E-state index in [4.69, 9.17) is 4.74 Å². The summed E-state index contributed by atoms with van der Waals surface area (Å²) in [6.45, 7) is 6.53. The van der Waals surface area contributed by atoms with Crippen LogP contribution in [0.1, 0.15) is 26.3 Å². The van der Waals surface area contributed by atoms with Gasteiger partial charge in [0.05, 0.1) is 0 Å². The monoisotopic (exact) mass is 229 g/mol. The normalized spacial score (nSPS) is 11.2. The summed E-state index contributed by atoms with van der Waals surface area (Å²) in [5, 5.41) is 0. The van der Waals surface area contributed by atoms with Crippen LogP contribution in [-0.4, -0.2) is 15.0 Å². The first kappa shape index (κ1) is 11.5. The zero-order valence-corrected chi connectivity index (χ0v) is 10.2. The molecule has 0 aliphatic carbocycles. The van der Waals surface area contributed by atoms with E-state index in [0.717, 1.165) is 5.75 Å². The summed E-state index contributed by atoms with van der Waals surface area (Å²) in [5.41, 5.74) is 1.41. The first-order valence-corrected chi connectivity index (χ1v) is 5.46. The van der Waals surface area contributed by atoms with Crippen molar-refractivity contribution in [2.45, 2.75) is 26.2 Å². The van der Waals surface area contributed by atoms with Crippen molar-refractivity contribution in [2.24, 2.45) is 0 Å². The number of hydrogen-bond donors (Lipinski definition) is 0. The van der Waals surface area contributed by atoms with Gasteiger partial charge in [-0.1, -0.05) is 32.9 Å². The molecule has 17 heavy (non-hydrogen) atoms. The van der Waals surface area contributed by atoms with Crippen LogP contribution in [0.3, 0.4) is 0 Å². The van der Waals surface area contributed by atoms with E-state index < -0.39 is 0 Å². The van der Waals surface area contributed by atoms with Gasteiger partial charge in [0, 0.05) is 0 Å². The summed E-state index contributed by atoms with van der Waals surface area (Å²) in [6, 6.07) is 8.26. The van der Waals surface area contributed by atoms with Crippen molar-refractivity contribution in [3.63, 3.8) is 0 Å². The minimum Gasteiger partial charge on any atom is -0.424 e. The fourth-order valence-electron chi connectivity index (χ4n) is 1.41. The molecule has 1 aromatic carbocycles. The van der Waals surface area contributed by atoms with Crippen LogP contribution >= 0.6 is 0 Å². The predicted octanol–water partition coefficient (Wildman–Crippen LogP) is 2.96. The Morgan fingerprint density at radius 2 is 1.53 bits per heavy atom. The lowest BCUT2D eigenvalue weighted by atomic mass is 9.87. The topological polar surface area (TPSA) is 47.9 Å². The zero-order valence-electron chi connectivity index (χ0n) is 10.2. The van der Waals surface area contributed by atoms with Crippen LogP contribution in [0.4, 0.5) is 0 Å². The molecule has 88 valence electrons. The summed E-state index contributed by atoms with van der Waals surface area (Å²) >= 11 is 0. The maximum Gasteiger partial charge on any atom is 0.324 e. The van der Waals surface area contributed by atoms with Crippen molar-refractivity contribution in [2.75, 3.05) is 0 Å². The summed E-state index contributed by atoms with van der Waals surface area (Å²) in [7, 11) is 0. The highest BCUT2D eigenvalue weighted by molar-refractivity contribution is 5.32. The Morgan fingerprint density at radius 1 is 0.941 bits per heavy atom. The molecule has 0 amide bonds. The quantitative estimate of drug-likeness (QED) is 0.794. The van der Waals surface area contributed by atoms with E-state index in [9.17, 15) is 0 Å². The van der Waals surface area contributed by atoms with E-state index in [0.29, 0.717) is 6.01 Å². The molecule has 0 unspecified atom stereocenters. The van der Waals surface area contributed by atoms with Crippen LogP contribution in [0.25, 0.3) is 0 Å². The molecule has 4 nitrogen and oxygen atoms in total. The van der Waals surface area contributed by atoms with Crippen molar-refractivity contribution < 1.29 is 4.74 Å². The molecule has 4 heteroatoms. The van der Waals surface area contributed by atoms with Gasteiger partial charge < -0.3 is 4.74 Å². The molecule has 0 atom stereocenters. The molecule has 2 rings (SSSR count). The molecule has 0 spiro atoms. The molecule has 0 radical (unpaired) electrons. The van der Waals surface area contributed by atoms with E-state index in [-0.39, 0.29) is 5.41 Å². The third-order valence-corrected chi connectivity index (χ3v) is 2.40. The summed E-state index contributed by atoms with van der Waals surface area (Å²) in [6.07, 6.45) is 2.82. The largest absolute Gasteiger partial charge is 0.424 e. The van der Waals surface area contributed by atoms with Gasteiger partial charge in [-0.05, 0) is 23.1 Å². The summed E-state index contributed by atoms with van der Waals surface area (Å²) < 4.78 is 5.48. The second-order valence-electron chi connectivity index (χ2n) is 4.80. The van der Waals surface area contributed by atoms with E-state index >= 15 is 0 Å². The van der Waals surface area contributed by atoms with Crippen LogP contribution in [0, 0.1) is 0 Å². The van der Waals surface area contributed by atoms with Crippen molar-refractivity contribution >= 4 is 0 Å². The molecule has 0 N–H and O–H groups in total. The van der Waals surface area contributed by atoms with Crippen LogP contribution in [-0.2, 0) is 5.41 Å². The first-order valence-electron chi connectivity index (χ1n) is 5.46. The van der Waals surface area contributed by atoms with Crippen LogP contribution in [0.2, 0.25) is 0 Å². The van der Waals surface area contributed by atoms with E-state index in [1.54, 1.807) is 0 Å². The maximum absolute atomic E-state index is 5.48. The molecule has 2 aromatic rings. The minimum atomic E-state index is 0.145. The predicted molar refractivity (Wildman–Crippen MR) is 65.0 cm³/mol. The van der Waals surface area contributed by atoms with Gasteiger partial charge in [-0.15, -0.1) is 0 Å². The third kappa shape index (κ3) is 3.00. The average Bonchev–Trinajstić information content (AvgIpc) is 2.30. The smallest absolute Gasteiger partial charge is 0.324 e. The van der Waals surface area contributed by atoms with Crippen molar-refractivity contribution in [1.82, 2.24) is 15.0 Å². The number of ether oxygens (including phenoxy) is 1. The lowest BCUT2D eigenvalue weighted by Gasteiger charge is -2.18. The number of aromatic nitrogens is 3. The molecule has 0 aliphatic rings. The Bertz CT molecular complexity index is 474. The lowest BCUT2D eigenvalue weighted by molar-refractivity contribution is 0.438. The molecule has 0 saturated heterocycles. The summed E-state index contributed by atoms with van der Waals surface area (Å²) in [5.74, 6) is 0.726. The number of nitrogens with zero attached hydrogens (tertiary/aromatic N) is 3. The summed E-state index contributed by atoms with van der Waals surface area (Å²) in [4.78, 5) is 11.5. The van der Waals surface area contributed by atoms with Crippen LogP contribution in [0.5, 0.6) is 11.8 Å². The molecule has 0 aliphatic heterocycles. The number of hydrogen-bond acceptors (Lipinski definition) is 4. The molecule has 1 aromatic heterocycles. The zero-order chi connectivity index (χ0) is 12.3. The van der Waals surface area contributed by atoms with Gasteiger partial charge in [0.1, 0.15) is 18.4 Å². The van der Waals surface area contributed by atoms with Gasteiger partial charge in [0.2, 0.25) is 0 Å².